The van der Waals surface area contributed by atoms with Gasteiger partial charge in [0, 0.05) is 43.1 Å². The third-order valence-electron chi connectivity index (χ3n) is 4.43. The maximum Gasteiger partial charge on any atom is 0.133 e. The van der Waals surface area contributed by atoms with Crippen molar-refractivity contribution in [3.8, 4) is 0 Å². The van der Waals surface area contributed by atoms with E-state index in [1.165, 1.54) is 4.91 Å². The lowest BCUT2D eigenvalue weighted by atomic mass is 10.0. The van der Waals surface area contributed by atoms with E-state index in [4.69, 9.17) is 4.99 Å². The average Bonchev–Trinajstić information content (AvgIpc) is 2.72. The summed E-state index contributed by atoms with van der Waals surface area (Å²) in [5.41, 5.74) is 2.22. The second kappa shape index (κ2) is 6.05. The van der Waals surface area contributed by atoms with Crippen LogP contribution in [0.1, 0.15) is 12.8 Å². The molecule has 0 spiro atoms. The number of aliphatic imine (C=N–C) groups is 1. The van der Waals surface area contributed by atoms with Gasteiger partial charge in [-0.05, 0) is 24.6 Å². The number of fused-ring (bicyclic) bond motifs is 1. The summed E-state index contributed by atoms with van der Waals surface area (Å²) in [4.78, 5) is 8.51. The third kappa shape index (κ3) is 2.68. The minimum Gasteiger partial charge on any atom is -0.354 e. The van der Waals surface area contributed by atoms with Crippen LogP contribution < -0.4 is 5.32 Å². The van der Waals surface area contributed by atoms with Crippen LogP contribution in [0.15, 0.2) is 51.5 Å². The molecule has 2 heterocycles. The fourth-order valence-corrected chi connectivity index (χ4v) is 4.50. The Morgan fingerprint density at radius 3 is 3.05 bits per heavy atom. The molecule has 0 saturated carbocycles. The van der Waals surface area contributed by atoms with Gasteiger partial charge in [0.05, 0.1) is 10.9 Å². The van der Waals surface area contributed by atoms with Crippen LogP contribution in [-0.2, 0) is 0 Å². The first-order valence-electron chi connectivity index (χ1n) is 7.95. The first-order chi connectivity index (χ1) is 10.8. The second-order valence-corrected chi connectivity index (χ2v) is 7.20. The zero-order valence-corrected chi connectivity index (χ0v) is 13.3. The van der Waals surface area contributed by atoms with E-state index in [9.17, 15) is 4.39 Å². The molecule has 0 bridgehead atoms. The van der Waals surface area contributed by atoms with E-state index in [1.54, 1.807) is 6.08 Å². The number of nitrogens with zero attached hydrogens (tertiary/aromatic N) is 2. The Hall–Kier alpha value is -1.33. The van der Waals surface area contributed by atoms with E-state index in [0.717, 1.165) is 49.7 Å². The Morgan fingerprint density at radius 2 is 2.18 bits per heavy atom. The van der Waals surface area contributed by atoms with Crippen molar-refractivity contribution in [1.29, 1.82) is 0 Å². The lowest BCUT2D eigenvalue weighted by Crippen LogP contribution is -2.47. The molecule has 2 unspecified atom stereocenters. The van der Waals surface area contributed by atoms with Gasteiger partial charge in [-0.15, -0.1) is 11.8 Å². The van der Waals surface area contributed by atoms with Crippen LogP contribution in [0.2, 0.25) is 0 Å². The van der Waals surface area contributed by atoms with E-state index < -0.39 is 6.17 Å². The maximum absolute atomic E-state index is 14.0. The first-order valence-corrected chi connectivity index (χ1v) is 8.83. The van der Waals surface area contributed by atoms with Gasteiger partial charge in [-0.3, -0.25) is 0 Å². The van der Waals surface area contributed by atoms with Gasteiger partial charge in [-0.25, -0.2) is 9.38 Å². The molecule has 1 N–H and O–H groups in total. The van der Waals surface area contributed by atoms with Crippen LogP contribution in [0, 0.1) is 0 Å². The predicted octanol–water partition coefficient (Wildman–Crippen LogP) is 2.80. The number of allylic oxidation sites excluding steroid dienone is 5. The second-order valence-electron chi connectivity index (χ2n) is 5.96. The average molecular weight is 317 g/mol. The van der Waals surface area contributed by atoms with Gasteiger partial charge in [-0.2, -0.15) is 0 Å². The minimum absolute atomic E-state index is 0.358. The molecular weight excluding hydrogens is 297 g/mol. The summed E-state index contributed by atoms with van der Waals surface area (Å²) in [6.45, 7) is 3.81. The number of alkyl halides is 1. The number of amidine groups is 1. The monoisotopic (exact) mass is 317 g/mol. The third-order valence-corrected chi connectivity index (χ3v) is 5.78. The molecular formula is C17H20FN3S. The van der Waals surface area contributed by atoms with Crippen LogP contribution in [0.5, 0.6) is 0 Å². The Balaban J connectivity index is 1.76. The van der Waals surface area contributed by atoms with Crippen LogP contribution in [-0.4, -0.2) is 48.3 Å². The van der Waals surface area contributed by atoms with Crippen molar-refractivity contribution in [3.05, 3.63) is 46.6 Å². The number of nitrogens with one attached hydrogen (secondary N) is 1. The molecule has 0 amide bonds. The molecule has 1 fully saturated rings. The van der Waals surface area contributed by atoms with Gasteiger partial charge in [0.15, 0.2) is 0 Å². The SMILES string of the molecule is FC1C=CC2=C(C1)C(N1CCNCC1)=NC1=CC=CCC1S2. The summed E-state index contributed by atoms with van der Waals surface area (Å²) >= 11 is 1.84. The van der Waals surface area contributed by atoms with Gasteiger partial charge in [0.2, 0.25) is 0 Å². The van der Waals surface area contributed by atoms with Gasteiger partial charge in [0.25, 0.3) is 0 Å². The predicted molar refractivity (Wildman–Crippen MR) is 90.8 cm³/mol. The number of hydrogen-bond acceptors (Lipinski definition) is 4. The quantitative estimate of drug-likeness (QED) is 0.744. The van der Waals surface area contributed by atoms with Crippen LogP contribution in [0.3, 0.4) is 0 Å². The molecule has 5 heteroatoms. The van der Waals surface area contributed by atoms with E-state index in [0.29, 0.717) is 11.7 Å². The maximum atomic E-state index is 14.0. The molecule has 0 aromatic rings. The number of piperazine rings is 1. The van der Waals surface area contributed by atoms with Crippen molar-refractivity contribution in [1.82, 2.24) is 10.2 Å². The van der Waals surface area contributed by atoms with Crippen molar-refractivity contribution in [2.24, 2.45) is 4.99 Å². The Kier molecular flexibility index (Phi) is 3.92. The van der Waals surface area contributed by atoms with Crippen molar-refractivity contribution in [3.63, 3.8) is 0 Å². The molecule has 4 rings (SSSR count). The summed E-state index contributed by atoms with van der Waals surface area (Å²) in [6, 6.07) is 0. The zero-order chi connectivity index (χ0) is 14.9. The zero-order valence-electron chi connectivity index (χ0n) is 12.5. The Bertz CT molecular complexity index is 611. The van der Waals surface area contributed by atoms with E-state index >= 15 is 0 Å². The number of rotatable bonds is 0. The van der Waals surface area contributed by atoms with E-state index in [1.807, 2.05) is 17.8 Å². The lowest BCUT2D eigenvalue weighted by molar-refractivity contribution is 0.351. The molecule has 0 aromatic carbocycles. The van der Waals surface area contributed by atoms with Crippen molar-refractivity contribution < 1.29 is 4.39 Å². The number of hydrogen-bond donors (Lipinski definition) is 1. The minimum atomic E-state index is -0.889. The largest absolute Gasteiger partial charge is 0.354 e. The van der Waals surface area contributed by atoms with E-state index in [2.05, 4.69) is 28.4 Å². The molecule has 2 aliphatic carbocycles. The fraction of sp³-hybridized carbons (Fsp3) is 0.471. The fourth-order valence-electron chi connectivity index (χ4n) is 3.26. The first kappa shape index (κ1) is 14.3. The topological polar surface area (TPSA) is 27.6 Å². The number of halogens is 1. The highest BCUT2D eigenvalue weighted by Crippen LogP contribution is 2.41. The smallest absolute Gasteiger partial charge is 0.133 e. The molecule has 3 nitrogen and oxygen atoms in total. The van der Waals surface area contributed by atoms with Crippen LogP contribution in [0.4, 0.5) is 4.39 Å². The summed E-state index contributed by atoms with van der Waals surface area (Å²) in [7, 11) is 0. The normalized spacial score (nSPS) is 31.2. The molecule has 2 atom stereocenters. The highest BCUT2D eigenvalue weighted by atomic mass is 32.2. The van der Waals surface area contributed by atoms with E-state index in [-0.39, 0.29) is 0 Å². The summed E-state index contributed by atoms with van der Waals surface area (Å²) in [5.74, 6) is 1.00. The summed E-state index contributed by atoms with van der Waals surface area (Å²) in [5, 5.41) is 3.73. The molecule has 0 radical (unpaired) electrons. The molecule has 4 aliphatic rings. The molecule has 0 aromatic heterocycles. The molecule has 116 valence electrons. The highest BCUT2D eigenvalue weighted by molar-refractivity contribution is 8.04. The Labute approximate surface area is 134 Å². The molecule has 1 saturated heterocycles. The van der Waals surface area contributed by atoms with Gasteiger partial charge in [-0.1, -0.05) is 12.2 Å². The number of thioether (sulfide) groups is 1. The van der Waals surface area contributed by atoms with Crippen molar-refractivity contribution >= 4 is 17.6 Å². The van der Waals surface area contributed by atoms with Crippen LogP contribution in [0.25, 0.3) is 0 Å². The van der Waals surface area contributed by atoms with Crippen LogP contribution >= 0.6 is 11.8 Å². The van der Waals surface area contributed by atoms with Crippen molar-refractivity contribution in [2.45, 2.75) is 24.3 Å². The highest BCUT2D eigenvalue weighted by Gasteiger charge is 2.31. The van der Waals surface area contributed by atoms with Crippen molar-refractivity contribution in [2.75, 3.05) is 26.2 Å². The summed E-state index contributed by atoms with van der Waals surface area (Å²) in [6.07, 6.45) is 10.6. The molecule has 2 aliphatic heterocycles. The molecule has 22 heavy (non-hydrogen) atoms. The van der Waals surface area contributed by atoms with Gasteiger partial charge in [0.1, 0.15) is 12.0 Å². The lowest BCUT2D eigenvalue weighted by Gasteiger charge is -2.32. The standard InChI is InChI=1S/C17H20FN3S/c18-12-5-6-15-13(11-12)17(21-9-7-19-8-10-21)20-14-3-1-2-4-16(14)22-15/h1-3,5-6,12,16,19H,4,7-11H2. The Morgan fingerprint density at radius 1 is 1.32 bits per heavy atom. The van der Waals surface area contributed by atoms with Gasteiger partial charge >= 0.3 is 0 Å². The summed E-state index contributed by atoms with van der Waals surface area (Å²) < 4.78 is 14.0. The van der Waals surface area contributed by atoms with Gasteiger partial charge < -0.3 is 10.2 Å².